The van der Waals surface area contributed by atoms with Crippen LogP contribution in [0.5, 0.6) is 0 Å². The summed E-state index contributed by atoms with van der Waals surface area (Å²) in [7, 11) is -3.67. The number of rotatable bonds is 6. The Morgan fingerprint density at radius 2 is 0.909 bits per heavy atom. The maximum atomic E-state index is 13.0. The number of hydrogen-bond donors (Lipinski definition) is 0. The molecule has 33 heavy (non-hydrogen) atoms. The van der Waals surface area contributed by atoms with Gasteiger partial charge in [-0.1, -0.05) is 59.6 Å². The topological polar surface area (TPSA) is 58.9 Å². The van der Waals surface area contributed by atoms with Gasteiger partial charge in [0.05, 0.1) is 21.2 Å². The van der Waals surface area contributed by atoms with Crippen molar-refractivity contribution in [3.8, 4) is 0 Å². The van der Waals surface area contributed by atoms with Crippen molar-refractivity contribution in [3.63, 3.8) is 0 Å². The summed E-state index contributed by atoms with van der Waals surface area (Å²) >= 11 is 12.3. The van der Waals surface area contributed by atoms with Crippen molar-refractivity contribution in [2.45, 2.75) is 9.79 Å². The second-order valence-electron chi connectivity index (χ2n) is 7.05. The highest BCUT2D eigenvalue weighted by Gasteiger charge is 2.17. The van der Waals surface area contributed by atoms with E-state index in [0.29, 0.717) is 21.4 Å². The minimum atomic E-state index is -3.67. The fourth-order valence-electron chi connectivity index (χ4n) is 3.01. The lowest BCUT2D eigenvalue weighted by atomic mass is 10.2. The van der Waals surface area contributed by atoms with Gasteiger partial charge in [-0.05, 0) is 60.7 Å². The van der Waals surface area contributed by atoms with Gasteiger partial charge in [0, 0.05) is 33.6 Å². The van der Waals surface area contributed by atoms with Gasteiger partial charge in [-0.15, -0.1) is 0 Å². The molecule has 4 nitrogen and oxygen atoms in total. The second-order valence-corrected chi connectivity index (χ2v) is 9.81. The molecule has 4 aromatic rings. The Morgan fingerprint density at radius 3 is 1.27 bits per heavy atom. The van der Waals surface area contributed by atoms with Gasteiger partial charge in [0.25, 0.3) is 0 Å². The van der Waals surface area contributed by atoms with Crippen molar-refractivity contribution in [1.82, 2.24) is 0 Å². The Labute approximate surface area is 202 Å². The molecule has 7 heteroatoms. The largest absolute Gasteiger partial charge is 0.256 e. The Hall–Kier alpha value is -3.25. The Balaban J connectivity index is 1.50. The SMILES string of the molecule is O=S(=O)(c1ccc(N=Cc2ccccc2Cl)cc1)c1ccc(N=Cc2ccccc2Cl)cc1. The second kappa shape index (κ2) is 10.1. The molecule has 0 radical (unpaired) electrons. The van der Waals surface area contributed by atoms with Gasteiger partial charge in [-0.2, -0.15) is 0 Å². The van der Waals surface area contributed by atoms with Crippen molar-refractivity contribution in [1.29, 1.82) is 0 Å². The number of aliphatic imine (C=N–C) groups is 2. The molecule has 0 aliphatic rings. The highest BCUT2D eigenvalue weighted by molar-refractivity contribution is 7.91. The minimum Gasteiger partial charge on any atom is -0.256 e. The van der Waals surface area contributed by atoms with E-state index in [1.165, 1.54) is 24.3 Å². The molecule has 0 aliphatic carbocycles. The summed E-state index contributed by atoms with van der Waals surface area (Å²) in [6.45, 7) is 0. The van der Waals surface area contributed by atoms with E-state index < -0.39 is 9.84 Å². The molecule has 4 rings (SSSR count). The van der Waals surface area contributed by atoms with Crippen LogP contribution in [0.15, 0.2) is 117 Å². The molecule has 164 valence electrons. The zero-order valence-electron chi connectivity index (χ0n) is 17.3. The average Bonchev–Trinajstić information content (AvgIpc) is 2.83. The van der Waals surface area contributed by atoms with E-state index in [2.05, 4.69) is 9.98 Å². The molecule has 0 atom stereocenters. The lowest BCUT2D eigenvalue weighted by molar-refractivity contribution is 0.596. The van der Waals surface area contributed by atoms with Crippen molar-refractivity contribution >= 4 is 56.8 Å². The van der Waals surface area contributed by atoms with Gasteiger partial charge in [-0.25, -0.2) is 8.42 Å². The molecule has 0 spiro atoms. The van der Waals surface area contributed by atoms with Crippen LogP contribution < -0.4 is 0 Å². The van der Waals surface area contributed by atoms with E-state index in [0.717, 1.165) is 11.1 Å². The molecule has 0 aliphatic heterocycles. The van der Waals surface area contributed by atoms with E-state index in [1.807, 2.05) is 36.4 Å². The summed E-state index contributed by atoms with van der Waals surface area (Å²) in [4.78, 5) is 9.11. The number of halogens is 2. The first-order valence-electron chi connectivity index (χ1n) is 9.96. The van der Waals surface area contributed by atoms with Crippen LogP contribution in [0.2, 0.25) is 10.0 Å². The predicted octanol–water partition coefficient (Wildman–Crippen LogP) is 7.33. The Kier molecular flexibility index (Phi) is 7.04. The number of benzene rings is 4. The molecule has 0 bridgehead atoms. The van der Waals surface area contributed by atoms with Gasteiger partial charge in [0.1, 0.15) is 0 Å². The van der Waals surface area contributed by atoms with Crippen molar-refractivity contribution in [3.05, 3.63) is 118 Å². The lowest BCUT2D eigenvalue weighted by Gasteiger charge is -2.05. The Bertz CT molecular complexity index is 1330. The van der Waals surface area contributed by atoms with Crippen LogP contribution in [0, 0.1) is 0 Å². The van der Waals surface area contributed by atoms with Gasteiger partial charge >= 0.3 is 0 Å². The molecule has 0 amide bonds. The van der Waals surface area contributed by atoms with E-state index in [1.54, 1.807) is 48.8 Å². The summed E-state index contributed by atoms with van der Waals surface area (Å²) in [5, 5.41) is 1.19. The molecular weight excluding hydrogens is 475 g/mol. The van der Waals surface area contributed by atoms with Gasteiger partial charge in [0.15, 0.2) is 0 Å². The third kappa shape index (κ3) is 5.57. The van der Waals surface area contributed by atoms with Crippen LogP contribution in [-0.2, 0) is 9.84 Å². The minimum absolute atomic E-state index is 0.187. The van der Waals surface area contributed by atoms with Crippen molar-refractivity contribution < 1.29 is 8.42 Å². The smallest absolute Gasteiger partial charge is 0.206 e. The molecule has 0 fully saturated rings. The monoisotopic (exact) mass is 492 g/mol. The van der Waals surface area contributed by atoms with E-state index in [9.17, 15) is 8.42 Å². The van der Waals surface area contributed by atoms with Crippen molar-refractivity contribution in [2.75, 3.05) is 0 Å². The summed E-state index contributed by atoms with van der Waals surface area (Å²) < 4.78 is 26.0. The molecule has 0 N–H and O–H groups in total. The highest BCUT2D eigenvalue weighted by Crippen LogP contribution is 2.25. The maximum absolute atomic E-state index is 13.0. The fraction of sp³-hybridized carbons (Fsp3) is 0. The fourth-order valence-corrected chi connectivity index (χ4v) is 4.64. The number of sulfone groups is 1. The Morgan fingerprint density at radius 1 is 0.545 bits per heavy atom. The van der Waals surface area contributed by atoms with E-state index >= 15 is 0 Å². The summed E-state index contributed by atoms with van der Waals surface area (Å²) in [5.74, 6) is 0. The van der Waals surface area contributed by atoms with Crippen LogP contribution in [-0.4, -0.2) is 20.8 Å². The zero-order valence-corrected chi connectivity index (χ0v) is 19.6. The van der Waals surface area contributed by atoms with E-state index in [-0.39, 0.29) is 9.79 Å². The highest BCUT2D eigenvalue weighted by atomic mass is 35.5. The summed E-state index contributed by atoms with van der Waals surface area (Å²) in [5.41, 5.74) is 2.82. The van der Waals surface area contributed by atoms with Gasteiger partial charge in [0.2, 0.25) is 9.84 Å². The summed E-state index contributed by atoms with van der Waals surface area (Å²) in [6, 6.07) is 27.5. The molecule has 0 heterocycles. The first kappa shape index (κ1) is 22.9. The lowest BCUT2D eigenvalue weighted by Crippen LogP contribution is -2.01. The van der Waals surface area contributed by atoms with Crippen LogP contribution in [0.25, 0.3) is 0 Å². The van der Waals surface area contributed by atoms with Gasteiger partial charge in [-0.3, -0.25) is 9.98 Å². The van der Waals surface area contributed by atoms with Crippen LogP contribution in [0.4, 0.5) is 11.4 Å². The molecule has 0 saturated heterocycles. The normalized spacial score (nSPS) is 11.9. The average molecular weight is 493 g/mol. The first-order valence-corrected chi connectivity index (χ1v) is 12.2. The summed E-state index contributed by atoms with van der Waals surface area (Å²) in [6.07, 6.45) is 3.29. The number of hydrogen-bond acceptors (Lipinski definition) is 4. The molecular formula is C26H18Cl2N2O2S. The molecule has 0 saturated carbocycles. The molecule has 0 unspecified atom stereocenters. The molecule has 0 aromatic heterocycles. The third-order valence-electron chi connectivity index (χ3n) is 4.81. The zero-order chi connectivity index (χ0) is 23.3. The quantitative estimate of drug-likeness (QED) is 0.264. The molecule has 4 aromatic carbocycles. The van der Waals surface area contributed by atoms with Crippen LogP contribution in [0.3, 0.4) is 0 Å². The van der Waals surface area contributed by atoms with E-state index in [4.69, 9.17) is 23.2 Å². The van der Waals surface area contributed by atoms with Gasteiger partial charge < -0.3 is 0 Å². The predicted molar refractivity (Wildman–Crippen MR) is 136 cm³/mol. The third-order valence-corrected chi connectivity index (χ3v) is 7.28. The van der Waals surface area contributed by atoms with Crippen LogP contribution >= 0.6 is 23.2 Å². The van der Waals surface area contributed by atoms with Crippen LogP contribution in [0.1, 0.15) is 11.1 Å². The maximum Gasteiger partial charge on any atom is 0.206 e. The number of nitrogens with zero attached hydrogens (tertiary/aromatic N) is 2. The first-order chi connectivity index (χ1) is 15.9. The van der Waals surface area contributed by atoms with Crippen molar-refractivity contribution in [2.24, 2.45) is 9.98 Å². The standard InChI is InChI=1S/C26H18Cl2N2O2S/c27-25-7-3-1-5-19(25)17-29-21-9-13-23(14-10-21)33(31,32)24-15-11-22(12-16-24)30-18-20-6-2-4-8-26(20)28/h1-18H.